The van der Waals surface area contributed by atoms with Gasteiger partial charge in [0, 0.05) is 18.7 Å². The number of esters is 1. The van der Waals surface area contributed by atoms with Crippen molar-refractivity contribution in [2.45, 2.75) is 19.4 Å². The summed E-state index contributed by atoms with van der Waals surface area (Å²) in [5.41, 5.74) is 1.92. The van der Waals surface area contributed by atoms with E-state index in [1.165, 1.54) is 5.56 Å². The molecule has 0 aromatic heterocycles. The molecule has 84 valence electrons. The molecular weight excluding hydrogens is 202 g/mol. The number of cyclic esters (lactones) is 1. The minimum Gasteiger partial charge on any atom is -0.462 e. The molecule has 1 heterocycles. The van der Waals surface area contributed by atoms with Crippen LogP contribution in [0.5, 0.6) is 0 Å². The molecule has 1 N–H and O–H groups in total. The predicted octanol–water partition coefficient (Wildman–Crippen LogP) is 2.17. The van der Waals surface area contributed by atoms with E-state index in [-0.39, 0.29) is 12.0 Å². The molecule has 3 nitrogen and oxygen atoms in total. The summed E-state index contributed by atoms with van der Waals surface area (Å²) in [6.07, 6.45) is 2.47. The van der Waals surface area contributed by atoms with Crippen LogP contribution in [0.4, 0.5) is 0 Å². The van der Waals surface area contributed by atoms with Gasteiger partial charge in [0.25, 0.3) is 0 Å². The smallest absolute Gasteiger partial charge is 0.335 e. The summed E-state index contributed by atoms with van der Waals surface area (Å²) in [6.45, 7) is 2.57. The lowest BCUT2D eigenvalue weighted by atomic mass is 10.1. The minimum absolute atomic E-state index is 0.196. The molecule has 0 spiro atoms. The second-order valence-electron chi connectivity index (χ2n) is 3.85. The number of hydrogen-bond donors (Lipinski definition) is 1. The minimum atomic E-state index is -0.201. The number of ether oxygens (including phenoxy) is 1. The number of carbonyl (C=O) groups is 1. The van der Waals surface area contributed by atoms with Crippen LogP contribution in [-0.4, -0.2) is 12.6 Å². The molecule has 2 rings (SSSR count). The van der Waals surface area contributed by atoms with E-state index in [0.717, 1.165) is 5.57 Å². The number of benzene rings is 1. The third-order valence-corrected chi connectivity index (χ3v) is 2.67. The number of carbonyl (C=O) groups excluding carboxylic acids is 1. The van der Waals surface area contributed by atoms with E-state index < -0.39 is 0 Å². The van der Waals surface area contributed by atoms with Gasteiger partial charge in [0.1, 0.15) is 0 Å². The standard InChI is InChI=1S/C13H15NO2/c1-10(11-5-3-2-4-6-11)14-9-12-7-8-16-13(12)15/h2-6,9-10,14H,7-8H2,1H3/t10-/m0/s1. The lowest BCUT2D eigenvalue weighted by molar-refractivity contribution is -0.135. The van der Waals surface area contributed by atoms with Crippen LogP contribution in [0.1, 0.15) is 24.9 Å². The van der Waals surface area contributed by atoms with E-state index in [4.69, 9.17) is 4.74 Å². The first-order chi connectivity index (χ1) is 7.77. The fraction of sp³-hybridized carbons (Fsp3) is 0.308. The van der Waals surface area contributed by atoms with Gasteiger partial charge in [-0.2, -0.15) is 0 Å². The second-order valence-corrected chi connectivity index (χ2v) is 3.85. The molecule has 1 saturated heterocycles. The van der Waals surface area contributed by atoms with E-state index in [9.17, 15) is 4.79 Å². The highest BCUT2D eigenvalue weighted by molar-refractivity contribution is 5.90. The Hall–Kier alpha value is -1.77. The third-order valence-electron chi connectivity index (χ3n) is 2.67. The van der Waals surface area contributed by atoms with Crippen molar-refractivity contribution in [3.05, 3.63) is 47.7 Å². The van der Waals surface area contributed by atoms with Gasteiger partial charge in [-0.15, -0.1) is 0 Å². The van der Waals surface area contributed by atoms with Crippen LogP contribution in [-0.2, 0) is 9.53 Å². The Morgan fingerprint density at radius 2 is 2.12 bits per heavy atom. The summed E-state index contributed by atoms with van der Waals surface area (Å²) in [7, 11) is 0. The highest BCUT2D eigenvalue weighted by Gasteiger charge is 2.18. The molecule has 1 atom stereocenters. The van der Waals surface area contributed by atoms with E-state index in [1.54, 1.807) is 6.20 Å². The molecule has 0 amide bonds. The second kappa shape index (κ2) is 4.84. The molecule has 1 aliphatic rings. The molecule has 3 heteroatoms. The average molecular weight is 217 g/mol. The molecule has 1 aromatic carbocycles. The van der Waals surface area contributed by atoms with Crippen LogP contribution in [0, 0.1) is 0 Å². The van der Waals surface area contributed by atoms with Crippen LogP contribution < -0.4 is 5.32 Å². The summed E-state index contributed by atoms with van der Waals surface area (Å²) in [5.74, 6) is -0.201. The Labute approximate surface area is 95.1 Å². The molecule has 0 unspecified atom stereocenters. The Morgan fingerprint density at radius 3 is 2.75 bits per heavy atom. The maximum atomic E-state index is 11.2. The molecule has 0 aliphatic carbocycles. The number of rotatable bonds is 3. The first-order valence-electron chi connectivity index (χ1n) is 5.44. The van der Waals surface area contributed by atoms with Crippen LogP contribution in [0.2, 0.25) is 0 Å². The summed E-state index contributed by atoms with van der Waals surface area (Å²) in [4.78, 5) is 11.2. The van der Waals surface area contributed by atoms with Crippen molar-refractivity contribution in [3.63, 3.8) is 0 Å². The van der Waals surface area contributed by atoms with Crippen LogP contribution in [0.3, 0.4) is 0 Å². The monoisotopic (exact) mass is 217 g/mol. The fourth-order valence-corrected chi connectivity index (χ4v) is 1.64. The molecular formula is C13H15NO2. The van der Waals surface area contributed by atoms with Gasteiger partial charge in [-0.05, 0) is 12.5 Å². The normalized spacial score (nSPS) is 19.6. The number of nitrogens with one attached hydrogen (secondary N) is 1. The highest BCUT2D eigenvalue weighted by atomic mass is 16.5. The lowest BCUT2D eigenvalue weighted by Crippen LogP contribution is -2.13. The topological polar surface area (TPSA) is 38.3 Å². The quantitative estimate of drug-likeness (QED) is 0.623. The average Bonchev–Trinajstić information content (AvgIpc) is 2.73. The van der Waals surface area contributed by atoms with Gasteiger partial charge in [0.2, 0.25) is 0 Å². The van der Waals surface area contributed by atoms with Gasteiger partial charge >= 0.3 is 5.97 Å². The first-order valence-corrected chi connectivity index (χ1v) is 5.44. The van der Waals surface area contributed by atoms with E-state index >= 15 is 0 Å². The van der Waals surface area contributed by atoms with Crippen molar-refractivity contribution >= 4 is 5.97 Å². The van der Waals surface area contributed by atoms with Gasteiger partial charge in [-0.3, -0.25) is 0 Å². The molecule has 0 radical (unpaired) electrons. The van der Waals surface area contributed by atoms with Crippen LogP contribution in [0.25, 0.3) is 0 Å². The van der Waals surface area contributed by atoms with Crippen molar-refractivity contribution in [2.24, 2.45) is 0 Å². The molecule has 16 heavy (non-hydrogen) atoms. The van der Waals surface area contributed by atoms with Gasteiger partial charge in [-0.25, -0.2) is 4.79 Å². The summed E-state index contributed by atoms with van der Waals surface area (Å²) < 4.78 is 4.86. The summed E-state index contributed by atoms with van der Waals surface area (Å²) in [6, 6.07) is 10.3. The van der Waals surface area contributed by atoms with Gasteiger partial charge in [0.15, 0.2) is 0 Å². The van der Waals surface area contributed by atoms with Crippen LogP contribution in [0.15, 0.2) is 42.1 Å². The summed E-state index contributed by atoms with van der Waals surface area (Å²) >= 11 is 0. The highest BCUT2D eigenvalue weighted by Crippen LogP contribution is 2.15. The Morgan fingerprint density at radius 1 is 1.38 bits per heavy atom. The first kappa shape index (κ1) is 10.7. The summed E-state index contributed by atoms with van der Waals surface area (Å²) in [5, 5.41) is 3.21. The SMILES string of the molecule is C[C@H](NC=C1CCOC1=O)c1ccccc1. The van der Waals surface area contributed by atoms with Crippen LogP contribution >= 0.6 is 0 Å². The van der Waals surface area contributed by atoms with Gasteiger partial charge in [0.05, 0.1) is 12.2 Å². The predicted molar refractivity (Wildman–Crippen MR) is 61.7 cm³/mol. The van der Waals surface area contributed by atoms with E-state index in [0.29, 0.717) is 13.0 Å². The van der Waals surface area contributed by atoms with Crippen molar-refractivity contribution in [2.75, 3.05) is 6.61 Å². The zero-order valence-electron chi connectivity index (χ0n) is 9.27. The molecule has 1 aromatic rings. The van der Waals surface area contributed by atoms with Crippen molar-refractivity contribution in [3.8, 4) is 0 Å². The molecule has 1 aliphatic heterocycles. The maximum Gasteiger partial charge on any atom is 0.335 e. The van der Waals surface area contributed by atoms with Crippen molar-refractivity contribution in [1.82, 2.24) is 5.32 Å². The Balaban J connectivity index is 1.98. The third kappa shape index (κ3) is 2.42. The fourth-order valence-electron chi connectivity index (χ4n) is 1.64. The lowest BCUT2D eigenvalue weighted by Gasteiger charge is -2.12. The van der Waals surface area contributed by atoms with Gasteiger partial charge < -0.3 is 10.1 Å². The molecule has 0 saturated carbocycles. The largest absolute Gasteiger partial charge is 0.462 e. The zero-order chi connectivity index (χ0) is 11.4. The van der Waals surface area contributed by atoms with Gasteiger partial charge in [-0.1, -0.05) is 30.3 Å². The Bertz CT molecular complexity index is 398. The number of hydrogen-bond acceptors (Lipinski definition) is 3. The van der Waals surface area contributed by atoms with E-state index in [1.807, 2.05) is 18.2 Å². The molecule has 0 bridgehead atoms. The maximum absolute atomic E-state index is 11.2. The van der Waals surface area contributed by atoms with Crippen molar-refractivity contribution < 1.29 is 9.53 Å². The van der Waals surface area contributed by atoms with E-state index in [2.05, 4.69) is 24.4 Å². The Kier molecular flexibility index (Phi) is 3.25. The zero-order valence-corrected chi connectivity index (χ0v) is 9.27. The molecule has 1 fully saturated rings. The van der Waals surface area contributed by atoms with Crippen molar-refractivity contribution in [1.29, 1.82) is 0 Å².